The van der Waals surface area contributed by atoms with Gasteiger partial charge in [0.25, 0.3) is 0 Å². The summed E-state index contributed by atoms with van der Waals surface area (Å²) in [6, 6.07) is 15.7. The van der Waals surface area contributed by atoms with Crippen molar-refractivity contribution in [1.82, 2.24) is 14.5 Å². The quantitative estimate of drug-likeness (QED) is 0.433. The number of amides is 1. The van der Waals surface area contributed by atoms with Crippen LogP contribution in [-0.2, 0) is 17.8 Å². The van der Waals surface area contributed by atoms with E-state index in [9.17, 15) is 4.79 Å². The van der Waals surface area contributed by atoms with E-state index in [4.69, 9.17) is 11.6 Å². The molecule has 154 valence electrons. The van der Waals surface area contributed by atoms with E-state index in [-0.39, 0.29) is 12.3 Å². The normalized spacial score (nSPS) is 11.3. The van der Waals surface area contributed by atoms with Crippen LogP contribution in [0.5, 0.6) is 0 Å². The maximum atomic E-state index is 12.5. The lowest BCUT2D eigenvalue weighted by Gasteiger charge is -2.11. The number of nitrogens with zero attached hydrogens (tertiary/aromatic N) is 3. The van der Waals surface area contributed by atoms with E-state index in [1.54, 1.807) is 0 Å². The monoisotopic (exact) mass is 438 g/mol. The van der Waals surface area contributed by atoms with Gasteiger partial charge in [-0.05, 0) is 44.4 Å². The topological polar surface area (TPSA) is 50.2 Å². The predicted octanol–water partition coefficient (Wildman–Crippen LogP) is 5.16. The highest BCUT2D eigenvalue weighted by molar-refractivity contribution is 7.13. The first-order chi connectivity index (χ1) is 14.5. The molecular weight excluding hydrogens is 416 g/mol. The third kappa shape index (κ3) is 4.73. The van der Waals surface area contributed by atoms with Gasteiger partial charge in [-0.3, -0.25) is 4.79 Å². The number of hydrogen-bond donors (Lipinski definition) is 1. The fourth-order valence-electron chi connectivity index (χ4n) is 3.30. The Morgan fingerprint density at radius 2 is 2.03 bits per heavy atom. The molecule has 2 heterocycles. The van der Waals surface area contributed by atoms with Crippen molar-refractivity contribution in [2.24, 2.45) is 0 Å². The van der Waals surface area contributed by atoms with E-state index in [0.29, 0.717) is 5.02 Å². The fraction of sp³-hybridized carbons (Fsp3) is 0.217. The molecule has 5 nitrogen and oxygen atoms in total. The summed E-state index contributed by atoms with van der Waals surface area (Å²) in [6.45, 7) is 1.91. The molecule has 30 heavy (non-hydrogen) atoms. The summed E-state index contributed by atoms with van der Waals surface area (Å²) in [5.41, 5.74) is 3.58. The number of hydrogen-bond acceptors (Lipinski definition) is 4. The van der Waals surface area contributed by atoms with Crippen LogP contribution in [0.15, 0.2) is 60.1 Å². The van der Waals surface area contributed by atoms with Crippen molar-refractivity contribution in [3.05, 3.63) is 70.8 Å². The molecule has 7 heteroatoms. The largest absolute Gasteiger partial charge is 0.346 e. The number of carbonyl (C=O) groups excluding carboxylic acids is 1. The molecule has 0 bridgehead atoms. The number of aromatic nitrogens is 2. The van der Waals surface area contributed by atoms with Gasteiger partial charge in [0.2, 0.25) is 5.91 Å². The van der Waals surface area contributed by atoms with E-state index in [1.807, 2.05) is 41.8 Å². The summed E-state index contributed by atoms with van der Waals surface area (Å²) >= 11 is 7.74. The van der Waals surface area contributed by atoms with Crippen molar-refractivity contribution >= 4 is 45.4 Å². The van der Waals surface area contributed by atoms with Gasteiger partial charge in [0.05, 0.1) is 17.1 Å². The highest BCUT2D eigenvalue weighted by Crippen LogP contribution is 2.30. The second-order valence-corrected chi connectivity index (χ2v) is 8.70. The predicted molar refractivity (Wildman–Crippen MR) is 125 cm³/mol. The van der Waals surface area contributed by atoms with Crippen molar-refractivity contribution in [1.29, 1.82) is 0 Å². The molecule has 2 aromatic carbocycles. The molecule has 1 N–H and O–H groups in total. The van der Waals surface area contributed by atoms with Gasteiger partial charge < -0.3 is 14.8 Å². The minimum atomic E-state index is -0.0857. The number of rotatable bonds is 7. The van der Waals surface area contributed by atoms with Crippen LogP contribution in [0, 0.1) is 0 Å². The Balaban J connectivity index is 1.42. The van der Waals surface area contributed by atoms with E-state index in [0.717, 1.165) is 40.4 Å². The molecule has 4 rings (SSSR count). The summed E-state index contributed by atoms with van der Waals surface area (Å²) in [6.07, 6.45) is 2.31. The van der Waals surface area contributed by atoms with Crippen LogP contribution in [0.4, 0.5) is 5.69 Å². The Morgan fingerprint density at radius 1 is 1.20 bits per heavy atom. The molecule has 0 aliphatic carbocycles. The van der Waals surface area contributed by atoms with Gasteiger partial charge in [-0.1, -0.05) is 29.8 Å². The zero-order chi connectivity index (χ0) is 21.1. The van der Waals surface area contributed by atoms with Gasteiger partial charge >= 0.3 is 0 Å². The number of carbonyl (C=O) groups is 1. The van der Waals surface area contributed by atoms with Crippen LogP contribution < -0.4 is 5.32 Å². The van der Waals surface area contributed by atoms with Crippen LogP contribution in [0.2, 0.25) is 5.02 Å². The lowest BCUT2D eigenvalue weighted by Crippen LogP contribution is -2.17. The van der Waals surface area contributed by atoms with Gasteiger partial charge in [-0.2, -0.15) is 0 Å². The van der Waals surface area contributed by atoms with Crippen molar-refractivity contribution in [3.63, 3.8) is 0 Å². The molecule has 1 amide bonds. The third-order valence-corrected chi connectivity index (χ3v) is 6.09. The number of likely N-dealkylation sites (N-methyl/N-ethyl adjacent to an activating group) is 1. The molecule has 0 aliphatic rings. The van der Waals surface area contributed by atoms with Gasteiger partial charge in [-0.15, -0.1) is 11.3 Å². The van der Waals surface area contributed by atoms with Gasteiger partial charge in [0.15, 0.2) is 0 Å². The maximum absolute atomic E-state index is 12.5. The molecule has 0 saturated carbocycles. The highest BCUT2D eigenvalue weighted by Gasteiger charge is 2.12. The number of thiazole rings is 1. The number of fused-ring (bicyclic) bond motifs is 1. The second kappa shape index (κ2) is 9.00. The Hall–Kier alpha value is -2.67. The standard InChI is InChI=1S/C23H23ClN4OS/c1-27(2)11-12-28-10-9-16-13-17(7-8-21(16)28)25-22(29)14-18-15-30-23(26-18)19-5-3-4-6-20(19)24/h3-10,13,15H,11-12,14H2,1-2H3,(H,25,29). The molecular formula is C23H23ClN4OS. The minimum Gasteiger partial charge on any atom is -0.346 e. The van der Waals surface area contributed by atoms with Crippen molar-refractivity contribution in [2.45, 2.75) is 13.0 Å². The summed E-state index contributed by atoms with van der Waals surface area (Å²) in [4.78, 5) is 19.3. The van der Waals surface area contributed by atoms with Crippen LogP contribution in [-0.4, -0.2) is 41.0 Å². The van der Waals surface area contributed by atoms with Crippen molar-refractivity contribution < 1.29 is 4.79 Å². The number of benzene rings is 2. The van der Waals surface area contributed by atoms with Crippen LogP contribution >= 0.6 is 22.9 Å². The van der Waals surface area contributed by atoms with E-state index in [2.05, 4.69) is 52.2 Å². The Kier molecular flexibility index (Phi) is 6.18. The number of nitrogens with one attached hydrogen (secondary N) is 1. The zero-order valence-electron chi connectivity index (χ0n) is 16.9. The molecule has 0 aliphatic heterocycles. The summed E-state index contributed by atoms with van der Waals surface area (Å²) in [5, 5.41) is 7.49. The van der Waals surface area contributed by atoms with E-state index >= 15 is 0 Å². The van der Waals surface area contributed by atoms with Crippen LogP contribution in [0.1, 0.15) is 5.69 Å². The first kappa shape index (κ1) is 20.6. The van der Waals surface area contributed by atoms with Crippen LogP contribution in [0.25, 0.3) is 21.5 Å². The minimum absolute atomic E-state index is 0.0857. The molecule has 0 saturated heterocycles. The summed E-state index contributed by atoms with van der Waals surface area (Å²) < 4.78 is 2.23. The Labute approximate surface area is 184 Å². The molecule has 0 radical (unpaired) electrons. The molecule has 0 atom stereocenters. The highest BCUT2D eigenvalue weighted by atomic mass is 35.5. The van der Waals surface area contributed by atoms with E-state index in [1.165, 1.54) is 16.9 Å². The average Bonchev–Trinajstić information content (AvgIpc) is 3.33. The second-order valence-electron chi connectivity index (χ2n) is 7.43. The van der Waals surface area contributed by atoms with E-state index < -0.39 is 0 Å². The molecule has 4 aromatic rings. The summed E-state index contributed by atoms with van der Waals surface area (Å²) in [7, 11) is 4.14. The SMILES string of the molecule is CN(C)CCn1ccc2cc(NC(=O)Cc3csc(-c4ccccc4Cl)n3)ccc21. The van der Waals surface area contributed by atoms with Crippen molar-refractivity contribution in [2.75, 3.05) is 26.0 Å². The first-order valence-electron chi connectivity index (χ1n) is 9.72. The lowest BCUT2D eigenvalue weighted by atomic mass is 10.2. The van der Waals surface area contributed by atoms with Gasteiger partial charge in [0, 0.05) is 46.8 Å². The first-order valence-corrected chi connectivity index (χ1v) is 11.0. The number of halogens is 1. The number of anilines is 1. The molecule has 0 unspecified atom stereocenters. The van der Waals surface area contributed by atoms with Gasteiger partial charge in [0.1, 0.15) is 5.01 Å². The Morgan fingerprint density at radius 3 is 2.83 bits per heavy atom. The smallest absolute Gasteiger partial charge is 0.230 e. The fourth-order valence-corrected chi connectivity index (χ4v) is 4.44. The maximum Gasteiger partial charge on any atom is 0.230 e. The third-order valence-electron chi connectivity index (χ3n) is 4.84. The average molecular weight is 439 g/mol. The summed E-state index contributed by atoms with van der Waals surface area (Å²) in [5.74, 6) is -0.0857. The molecule has 0 spiro atoms. The van der Waals surface area contributed by atoms with Gasteiger partial charge in [-0.25, -0.2) is 4.98 Å². The molecule has 2 aromatic heterocycles. The molecule has 0 fully saturated rings. The van der Waals surface area contributed by atoms with Crippen molar-refractivity contribution in [3.8, 4) is 10.6 Å². The van der Waals surface area contributed by atoms with Crippen LogP contribution in [0.3, 0.4) is 0 Å². The lowest BCUT2D eigenvalue weighted by molar-refractivity contribution is -0.115. The Bertz CT molecular complexity index is 1180. The zero-order valence-corrected chi connectivity index (χ0v) is 18.5.